The molecule has 204 valence electrons. The molecule has 38 heavy (non-hydrogen) atoms. The average molecular weight is 535 g/mol. The van der Waals surface area contributed by atoms with Gasteiger partial charge in [-0.1, -0.05) is 51.1 Å². The lowest BCUT2D eigenvalue weighted by atomic mass is 9.68. The zero-order chi connectivity index (χ0) is 27.8. The molecule has 0 radical (unpaired) electrons. The minimum atomic E-state index is -1.94. The van der Waals surface area contributed by atoms with Gasteiger partial charge >= 0.3 is 6.03 Å². The Morgan fingerprint density at radius 2 is 1.68 bits per heavy atom. The third-order valence-electron chi connectivity index (χ3n) is 9.30. The van der Waals surface area contributed by atoms with Crippen molar-refractivity contribution < 1.29 is 9.22 Å². The van der Waals surface area contributed by atoms with Crippen LogP contribution in [0.2, 0.25) is 18.1 Å². The fourth-order valence-electron chi connectivity index (χ4n) is 5.76. The van der Waals surface area contributed by atoms with Crippen molar-refractivity contribution in [3.63, 3.8) is 0 Å². The number of benzene rings is 1. The number of nitrogens with zero attached hydrogens (tertiary/aromatic N) is 6. The highest BCUT2D eigenvalue weighted by molar-refractivity contribution is 6.74. The zero-order valence-electron chi connectivity index (χ0n) is 24.0. The van der Waals surface area contributed by atoms with Crippen molar-refractivity contribution in [2.45, 2.75) is 75.7 Å². The van der Waals surface area contributed by atoms with E-state index in [1.165, 1.54) is 5.56 Å². The van der Waals surface area contributed by atoms with Gasteiger partial charge in [0.2, 0.25) is 5.82 Å². The van der Waals surface area contributed by atoms with E-state index < -0.39 is 8.32 Å². The Morgan fingerprint density at radius 3 is 2.21 bits per heavy atom. The number of carbonyl (C=O) groups is 1. The van der Waals surface area contributed by atoms with E-state index >= 15 is 0 Å². The van der Waals surface area contributed by atoms with Gasteiger partial charge < -0.3 is 9.33 Å². The van der Waals surface area contributed by atoms with Crippen LogP contribution in [0, 0.1) is 11.3 Å². The normalized spacial score (nSPS) is 24.3. The fourth-order valence-corrected chi connectivity index (χ4v) is 6.79. The number of hydrogen-bond donors (Lipinski definition) is 0. The molecule has 2 heterocycles. The molecule has 1 spiro atoms. The molecule has 1 aliphatic heterocycles. The van der Waals surface area contributed by atoms with E-state index in [1.807, 2.05) is 6.07 Å². The number of anilines is 1. The molecule has 1 saturated heterocycles. The van der Waals surface area contributed by atoms with Gasteiger partial charge in [-0.3, -0.25) is 9.80 Å². The Kier molecular flexibility index (Phi) is 7.72. The molecule has 0 unspecified atom stereocenters. The van der Waals surface area contributed by atoms with Crippen LogP contribution in [0.3, 0.4) is 0 Å². The molecule has 0 N–H and O–H groups in total. The first-order valence-electron chi connectivity index (χ1n) is 13.5. The molecule has 4 rings (SSSR count). The molecular weight excluding hydrogens is 492 g/mol. The van der Waals surface area contributed by atoms with Crippen molar-refractivity contribution in [1.29, 1.82) is 5.26 Å². The van der Waals surface area contributed by atoms with Crippen molar-refractivity contribution in [3.8, 4) is 6.07 Å². The van der Waals surface area contributed by atoms with Crippen LogP contribution < -0.4 is 4.90 Å². The lowest BCUT2D eigenvalue weighted by Crippen LogP contribution is -2.56. The van der Waals surface area contributed by atoms with Crippen molar-refractivity contribution in [2.24, 2.45) is 0 Å². The summed E-state index contributed by atoms with van der Waals surface area (Å²) < 4.78 is 6.52. The van der Waals surface area contributed by atoms with E-state index in [9.17, 15) is 4.79 Å². The second-order valence-corrected chi connectivity index (χ2v) is 17.3. The minimum Gasteiger partial charge on any atom is -0.415 e. The molecule has 1 aromatic heterocycles. The summed E-state index contributed by atoms with van der Waals surface area (Å²) in [5.74, 6) is 0.103. The molecule has 9 heteroatoms. The van der Waals surface area contributed by atoms with Crippen LogP contribution in [0.4, 0.5) is 10.5 Å². The van der Waals surface area contributed by atoms with Crippen LogP contribution in [0.25, 0.3) is 0 Å². The highest BCUT2D eigenvalue weighted by Crippen LogP contribution is 2.49. The van der Waals surface area contributed by atoms with Crippen LogP contribution in [-0.2, 0) is 9.96 Å². The Morgan fingerprint density at radius 1 is 1.08 bits per heavy atom. The van der Waals surface area contributed by atoms with Crippen molar-refractivity contribution in [2.75, 3.05) is 38.7 Å². The van der Waals surface area contributed by atoms with Gasteiger partial charge in [0.1, 0.15) is 6.07 Å². The molecule has 0 bridgehead atoms. The van der Waals surface area contributed by atoms with Crippen LogP contribution in [0.5, 0.6) is 0 Å². The average Bonchev–Trinajstić information content (AvgIpc) is 3.15. The third-order valence-corrected chi connectivity index (χ3v) is 13.8. The van der Waals surface area contributed by atoms with Gasteiger partial charge in [0.05, 0.1) is 36.8 Å². The van der Waals surface area contributed by atoms with Crippen LogP contribution in [0.1, 0.15) is 57.8 Å². The van der Waals surface area contributed by atoms with Crippen molar-refractivity contribution in [3.05, 3.63) is 54.1 Å². The van der Waals surface area contributed by atoms with E-state index in [2.05, 4.69) is 98.1 Å². The van der Waals surface area contributed by atoms with Crippen LogP contribution in [-0.4, -0.2) is 73.4 Å². The maximum absolute atomic E-state index is 13.9. The van der Waals surface area contributed by atoms with E-state index in [1.54, 1.807) is 17.3 Å². The smallest absolute Gasteiger partial charge is 0.325 e. The summed E-state index contributed by atoms with van der Waals surface area (Å²) in [5, 5.41) is 9.22. The summed E-state index contributed by atoms with van der Waals surface area (Å²) in [7, 11) is 2.38. The first-order valence-corrected chi connectivity index (χ1v) is 16.4. The molecule has 8 nitrogen and oxygen atoms in total. The predicted octanol–water partition coefficient (Wildman–Crippen LogP) is 5.38. The number of urea groups is 1. The van der Waals surface area contributed by atoms with E-state index in [-0.39, 0.29) is 28.0 Å². The maximum Gasteiger partial charge on any atom is 0.325 e. The third kappa shape index (κ3) is 5.09. The minimum absolute atomic E-state index is 0.0331. The first kappa shape index (κ1) is 28.2. The fraction of sp³-hybridized carbons (Fsp3) is 0.586. The number of hydrogen-bond acceptors (Lipinski definition) is 6. The monoisotopic (exact) mass is 534 g/mol. The van der Waals surface area contributed by atoms with Crippen molar-refractivity contribution in [1.82, 2.24) is 19.8 Å². The Hall–Kier alpha value is -2.80. The number of aromatic nitrogens is 2. The Labute approximate surface area is 228 Å². The Bertz CT molecular complexity index is 1160. The molecule has 0 atom stereocenters. The molecular formula is C29H42N6O2Si. The topological polar surface area (TPSA) is 85.6 Å². The number of carbonyl (C=O) groups excluding carboxylic acids is 1. The van der Waals surface area contributed by atoms with Gasteiger partial charge in [-0.25, -0.2) is 14.8 Å². The van der Waals surface area contributed by atoms with Gasteiger partial charge in [-0.05, 0) is 63.5 Å². The SMILES string of the molecule is CN(C)C1(c2ccccc2)CCC2(CC1)CN(c1cnc(C#N)nc1)C(=O)N2CCO[Si](C)(C)C(C)(C)C. The molecule has 1 saturated carbocycles. The second kappa shape index (κ2) is 10.4. The van der Waals surface area contributed by atoms with Crippen molar-refractivity contribution >= 4 is 20.0 Å². The number of nitriles is 1. The quantitative estimate of drug-likeness (QED) is 0.443. The summed E-state index contributed by atoms with van der Waals surface area (Å²) in [6.45, 7) is 12.9. The highest BCUT2D eigenvalue weighted by atomic mass is 28.4. The number of amides is 2. The summed E-state index contributed by atoms with van der Waals surface area (Å²) in [6, 6.07) is 12.7. The lowest BCUT2D eigenvalue weighted by molar-refractivity contribution is 0.0222. The standard InChI is InChI=1S/C29H42N6O2Si/c1-27(2,3)38(6,7)37-18-17-35-26(36)34(24-20-31-25(19-30)32-21-24)22-28(35)13-15-29(16-14-28,33(4)5)23-11-9-8-10-12-23/h8-12,20-21H,13-18,22H2,1-7H3. The maximum atomic E-state index is 13.9. The van der Waals surface area contributed by atoms with Gasteiger partial charge in [0.15, 0.2) is 8.32 Å². The second-order valence-electron chi connectivity index (χ2n) is 12.5. The molecule has 2 aliphatic rings. The zero-order valence-corrected chi connectivity index (χ0v) is 25.0. The van der Waals surface area contributed by atoms with Gasteiger partial charge in [-0.2, -0.15) is 5.26 Å². The van der Waals surface area contributed by atoms with E-state index in [0.29, 0.717) is 25.4 Å². The number of rotatable bonds is 7. The molecule has 2 aromatic rings. The molecule has 2 fully saturated rings. The highest BCUT2D eigenvalue weighted by Gasteiger charge is 2.55. The predicted molar refractivity (Wildman–Crippen MR) is 152 cm³/mol. The van der Waals surface area contributed by atoms with E-state index in [4.69, 9.17) is 9.69 Å². The van der Waals surface area contributed by atoms with Gasteiger partial charge in [-0.15, -0.1) is 0 Å². The van der Waals surface area contributed by atoms with Crippen LogP contribution in [0.15, 0.2) is 42.7 Å². The van der Waals surface area contributed by atoms with Crippen LogP contribution >= 0.6 is 0 Å². The van der Waals surface area contributed by atoms with E-state index in [0.717, 1.165) is 25.7 Å². The molecule has 1 aliphatic carbocycles. The summed E-state index contributed by atoms with van der Waals surface area (Å²) in [5.41, 5.74) is 1.60. The summed E-state index contributed by atoms with van der Waals surface area (Å²) >= 11 is 0. The first-order chi connectivity index (χ1) is 17.9. The summed E-state index contributed by atoms with van der Waals surface area (Å²) in [4.78, 5) is 28.4. The lowest BCUT2D eigenvalue weighted by Gasteiger charge is -2.51. The van der Waals surface area contributed by atoms with Gasteiger partial charge in [0.25, 0.3) is 0 Å². The largest absolute Gasteiger partial charge is 0.415 e. The molecule has 2 amide bonds. The Balaban J connectivity index is 1.61. The van der Waals surface area contributed by atoms with Gasteiger partial charge in [0, 0.05) is 12.1 Å². The molecule has 1 aromatic carbocycles. The summed E-state index contributed by atoms with van der Waals surface area (Å²) in [6.07, 6.45) is 6.86.